The van der Waals surface area contributed by atoms with Crippen LogP contribution in [0.2, 0.25) is 0 Å². The summed E-state index contributed by atoms with van der Waals surface area (Å²) in [5.41, 5.74) is 0. The van der Waals surface area contributed by atoms with Crippen LogP contribution in [0.1, 0.15) is 47.0 Å². The Kier molecular flexibility index (Phi) is 7.87. The van der Waals surface area contributed by atoms with Gasteiger partial charge in [0, 0.05) is 51.4 Å². The molecule has 2 atom stereocenters. The molecule has 2 heterocycles. The Morgan fingerprint density at radius 2 is 1.50 bits per heavy atom. The van der Waals surface area contributed by atoms with E-state index in [1.165, 1.54) is 58.5 Å². The summed E-state index contributed by atoms with van der Waals surface area (Å²) in [5, 5.41) is 3.41. The molecule has 0 aromatic heterocycles. The Hall–Kier alpha value is -0.120. The zero-order chi connectivity index (χ0) is 13.4. The molecule has 2 rings (SSSR count). The fraction of sp³-hybridized carbons (Fsp3) is 1.00. The molecule has 2 unspecified atom stereocenters. The van der Waals surface area contributed by atoms with Gasteiger partial charge in [-0.3, -0.25) is 9.80 Å². The van der Waals surface area contributed by atoms with Crippen LogP contribution in [0.15, 0.2) is 0 Å². The number of hydrogen-bond donors (Lipinski definition) is 1. The maximum atomic E-state index is 3.41. The van der Waals surface area contributed by atoms with Crippen molar-refractivity contribution in [1.29, 1.82) is 0 Å². The van der Waals surface area contributed by atoms with Gasteiger partial charge in [0.1, 0.15) is 0 Å². The molecule has 3 nitrogen and oxygen atoms in total. The third-order valence-electron chi connectivity index (χ3n) is 4.26. The van der Waals surface area contributed by atoms with Crippen LogP contribution in [0, 0.1) is 0 Å². The summed E-state index contributed by atoms with van der Waals surface area (Å²) < 4.78 is 0. The lowest BCUT2D eigenvalue weighted by atomic mass is 9.97. The molecule has 0 amide bonds. The number of piperazine rings is 1. The fourth-order valence-electron chi connectivity index (χ4n) is 3.11. The van der Waals surface area contributed by atoms with Gasteiger partial charge in [-0.1, -0.05) is 20.3 Å². The van der Waals surface area contributed by atoms with Gasteiger partial charge >= 0.3 is 0 Å². The van der Waals surface area contributed by atoms with E-state index in [4.69, 9.17) is 0 Å². The van der Waals surface area contributed by atoms with Gasteiger partial charge in [-0.15, -0.1) is 0 Å². The molecule has 0 bridgehead atoms. The second-order valence-electron chi connectivity index (χ2n) is 5.46. The minimum Gasteiger partial charge on any atom is -0.314 e. The van der Waals surface area contributed by atoms with Crippen LogP contribution in [0.3, 0.4) is 0 Å². The Labute approximate surface area is 114 Å². The number of rotatable bonds is 3. The minimum atomic E-state index is 0.798. The largest absolute Gasteiger partial charge is 0.314 e. The number of likely N-dealkylation sites (tertiary alicyclic amines) is 1. The van der Waals surface area contributed by atoms with Crippen molar-refractivity contribution in [3.8, 4) is 0 Å². The van der Waals surface area contributed by atoms with Gasteiger partial charge in [-0.25, -0.2) is 0 Å². The standard InChI is InChI=1S/C13H27N3.C2H6/c1-12-4-3-5-13(2)16(12)11-10-15-8-6-14-7-9-15;1-2/h12-14H,3-11H2,1-2H3;1-2H3. The topological polar surface area (TPSA) is 18.5 Å². The van der Waals surface area contributed by atoms with Gasteiger partial charge in [0.05, 0.1) is 0 Å². The van der Waals surface area contributed by atoms with Crippen LogP contribution in [0.4, 0.5) is 0 Å². The first kappa shape index (κ1) is 15.9. The summed E-state index contributed by atoms with van der Waals surface area (Å²) in [5.74, 6) is 0. The third kappa shape index (κ3) is 4.87. The van der Waals surface area contributed by atoms with Crippen molar-refractivity contribution in [3.05, 3.63) is 0 Å². The molecule has 0 spiro atoms. The number of hydrogen-bond acceptors (Lipinski definition) is 3. The van der Waals surface area contributed by atoms with E-state index < -0.39 is 0 Å². The molecule has 0 saturated carbocycles. The quantitative estimate of drug-likeness (QED) is 0.834. The van der Waals surface area contributed by atoms with Gasteiger partial charge in [0.15, 0.2) is 0 Å². The lowest BCUT2D eigenvalue weighted by Gasteiger charge is -2.40. The average molecular weight is 255 g/mol. The molecule has 3 heteroatoms. The van der Waals surface area contributed by atoms with Gasteiger partial charge in [0.25, 0.3) is 0 Å². The molecule has 108 valence electrons. The van der Waals surface area contributed by atoms with E-state index in [1.54, 1.807) is 0 Å². The second kappa shape index (κ2) is 8.89. The Morgan fingerprint density at radius 1 is 0.944 bits per heavy atom. The smallest absolute Gasteiger partial charge is 0.0115 e. The van der Waals surface area contributed by atoms with Crippen LogP contribution in [-0.4, -0.2) is 61.2 Å². The van der Waals surface area contributed by atoms with Crippen molar-refractivity contribution in [2.75, 3.05) is 39.3 Å². The highest BCUT2D eigenvalue weighted by molar-refractivity contribution is 4.80. The molecule has 2 aliphatic rings. The second-order valence-corrected chi connectivity index (χ2v) is 5.46. The zero-order valence-corrected chi connectivity index (χ0v) is 12.9. The van der Waals surface area contributed by atoms with Gasteiger partial charge < -0.3 is 5.32 Å². The number of nitrogens with zero attached hydrogens (tertiary/aromatic N) is 2. The summed E-state index contributed by atoms with van der Waals surface area (Å²) in [6, 6.07) is 1.60. The predicted molar refractivity (Wildman–Crippen MR) is 80.1 cm³/mol. The molecule has 18 heavy (non-hydrogen) atoms. The number of nitrogens with one attached hydrogen (secondary N) is 1. The van der Waals surface area contributed by atoms with Crippen molar-refractivity contribution >= 4 is 0 Å². The Bertz CT molecular complexity index is 192. The highest BCUT2D eigenvalue weighted by Crippen LogP contribution is 2.21. The first-order valence-electron chi connectivity index (χ1n) is 7.96. The highest BCUT2D eigenvalue weighted by atomic mass is 15.2. The van der Waals surface area contributed by atoms with Crippen LogP contribution in [-0.2, 0) is 0 Å². The highest BCUT2D eigenvalue weighted by Gasteiger charge is 2.24. The van der Waals surface area contributed by atoms with Crippen LogP contribution in [0.25, 0.3) is 0 Å². The molecular weight excluding hydrogens is 222 g/mol. The van der Waals surface area contributed by atoms with E-state index in [1.807, 2.05) is 13.8 Å². The third-order valence-corrected chi connectivity index (χ3v) is 4.26. The van der Waals surface area contributed by atoms with Gasteiger partial charge in [0.2, 0.25) is 0 Å². The SMILES string of the molecule is CC.CC1CCCC(C)N1CCN1CCNCC1. The lowest BCUT2D eigenvalue weighted by molar-refractivity contribution is 0.0851. The molecule has 0 radical (unpaired) electrons. The maximum Gasteiger partial charge on any atom is 0.0115 e. The van der Waals surface area contributed by atoms with Crippen molar-refractivity contribution in [1.82, 2.24) is 15.1 Å². The van der Waals surface area contributed by atoms with Crippen molar-refractivity contribution in [3.63, 3.8) is 0 Å². The number of piperidine rings is 1. The molecule has 1 N–H and O–H groups in total. The van der Waals surface area contributed by atoms with E-state index in [0.717, 1.165) is 12.1 Å². The fourth-order valence-corrected chi connectivity index (χ4v) is 3.11. The summed E-state index contributed by atoms with van der Waals surface area (Å²) in [4.78, 5) is 5.32. The average Bonchev–Trinajstić information content (AvgIpc) is 2.42. The van der Waals surface area contributed by atoms with E-state index in [2.05, 4.69) is 29.0 Å². The molecule has 0 aliphatic carbocycles. The van der Waals surface area contributed by atoms with Crippen LogP contribution < -0.4 is 5.32 Å². The van der Waals surface area contributed by atoms with E-state index in [-0.39, 0.29) is 0 Å². The summed E-state index contributed by atoms with van der Waals surface area (Å²) in [7, 11) is 0. The van der Waals surface area contributed by atoms with Crippen LogP contribution in [0.5, 0.6) is 0 Å². The molecule has 2 aliphatic heterocycles. The van der Waals surface area contributed by atoms with E-state index in [9.17, 15) is 0 Å². The lowest BCUT2D eigenvalue weighted by Crippen LogP contribution is -2.50. The predicted octanol–water partition coefficient (Wildman–Crippen LogP) is 2.18. The van der Waals surface area contributed by atoms with Gasteiger partial charge in [-0.2, -0.15) is 0 Å². The van der Waals surface area contributed by atoms with Gasteiger partial charge in [-0.05, 0) is 26.7 Å². The molecule has 2 saturated heterocycles. The van der Waals surface area contributed by atoms with Crippen molar-refractivity contribution in [2.24, 2.45) is 0 Å². The first-order chi connectivity index (χ1) is 8.77. The molecule has 0 aromatic carbocycles. The Balaban J connectivity index is 0.000000771. The normalized spacial score (nSPS) is 30.7. The summed E-state index contributed by atoms with van der Waals surface area (Å²) >= 11 is 0. The van der Waals surface area contributed by atoms with E-state index >= 15 is 0 Å². The first-order valence-corrected chi connectivity index (χ1v) is 7.96. The molecular formula is C15H33N3. The van der Waals surface area contributed by atoms with Crippen molar-refractivity contribution in [2.45, 2.75) is 59.0 Å². The van der Waals surface area contributed by atoms with E-state index in [0.29, 0.717) is 0 Å². The minimum absolute atomic E-state index is 0.798. The summed E-state index contributed by atoms with van der Waals surface area (Å²) in [6.45, 7) is 16.1. The summed E-state index contributed by atoms with van der Waals surface area (Å²) in [6.07, 6.45) is 4.21. The van der Waals surface area contributed by atoms with Crippen LogP contribution >= 0.6 is 0 Å². The Morgan fingerprint density at radius 3 is 2.06 bits per heavy atom. The monoisotopic (exact) mass is 255 g/mol. The molecule has 0 aromatic rings. The van der Waals surface area contributed by atoms with Crippen molar-refractivity contribution < 1.29 is 0 Å². The zero-order valence-electron chi connectivity index (χ0n) is 12.9. The maximum absolute atomic E-state index is 3.41. The molecule has 2 fully saturated rings.